The Kier molecular flexibility index (Phi) is 38.7. The molecule has 56 heavy (non-hydrogen) atoms. The molecule has 0 aromatic rings. The Morgan fingerprint density at radius 3 is 1.36 bits per heavy atom. The summed E-state index contributed by atoms with van der Waals surface area (Å²) in [5.74, 6) is -2.38. The number of nitrogens with two attached hydrogens (primary N) is 1. The molecule has 0 heterocycles. The lowest BCUT2D eigenvalue weighted by Gasteiger charge is -2.20. The summed E-state index contributed by atoms with van der Waals surface area (Å²) in [6.45, 7) is 2.78. The van der Waals surface area contributed by atoms with Crippen molar-refractivity contribution in [3.63, 3.8) is 0 Å². The monoisotopic (exact) mass is 818 g/mol. The summed E-state index contributed by atoms with van der Waals surface area (Å²) >= 11 is 0. The van der Waals surface area contributed by atoms with E-state index < -0.39 is 51.1 Å². The number of phosphoric acid groups is 1. The summed E-state index contributed by atoms with van der Waals surface area (Å²) in [4.78, 5) is 45.9. The van der Waals surface area contributed by atoms with Gasteiger partial charge in [-0.2, -0.15) is 0 Å². The van der Waals surface area contributed by atoms with Crippen LogP contribution in [0, 0.1) is 0 Å². The Hall–Kier alpha value is -1.78. The quantitative estimate of drug-likeness (QED) is 0.0231. The molecule has 11 nitrogen and oxygen atoms in total. The van der Waals surface area contributed by atoms with Gasteiger partial charge in [-0.25, -0.2) is 4.57 Å². The number of ether oxygens (including phenoxy) is 2. The Morgan fingerprint density at radius 2 is 0.911 bits per heavy atom. The van der Waals surface area contributed by atoms with Gasteiger partial charge >= 0.3 is 25.7 Å². The van der Waals surface area contributed by atoms with Gasteiger partial charge in [0, 0.05) is 12.8 Å². The SMILES string of the molecule is CCCC/C=C\CCCCCCCC(=O)OC(COC(=O)CCCCCCCCCCCCCCCCCCCCCCC)COP(=O)(O)OCC(N)C(=O)O. The molecule has 0 aliphatic carbocycles. The third kappa shape index (κ3) is 39.1. The summed E-state index contributed by atoms with van der Waals surface area (Å²) in [7, 11) is -4.71. The van der Waals surface area contributed by atoms with Crippen molar-refractivity contribution >= 4 is 25.7 Å². The second-order valence-corrected chi connectivity index (χ2v) is 17.0. The number of carboxylic acids is 1. The minimum atomic E-state index is -4.71. The zero-order valence-electron chi connectivity index (χ0n) is 35.7. The number of carboxylic acid groups (broad SMARTS) is 1. The number of phosphoric ester groups is 1. The average molecular weight is 818 g/mol. The van der Waals surface area contributed by atoms with E-state index in [0.717, 1.165) is 57.8 Å². The molecule has 12 heteroatoms. The van der Waals surface area contributed by atoms with Crippen LogP contribution in [-0.2, 0) is 37.5 Å². The van der Waals surface area contributed by atoms with Gasteiger partial charge < -0.3 is 25.2 Å². The van der Waals surface area contributed by atoms with Gasteiger partial charge in [0.25, 0.3) is 0 Å². The highest BCUT2D eigenvalue weighted by atomic mass is 31.2. The van der Waals surface area contributed by atoms with Gasteiger partial charge in [-0.1, -0.05) is 187 Å². The summed E-state index contributed by atoms with van der Waals surface area (Å²) in [6.07, 6.45) is 40.0. The van der Waals surface area contributed by atoms with Crippen molar-refractivity contribution < 1.29 is 47.5 Å². The standard InChI is InChI=1S/C44H84NO10P/c1-3-5-7-9-11-13-15-16-17-18-19-20-21-22-23-24-26-27-29-31-33-35-42(46)52-37-40(38-53-56(50,51)54-39-41(45)44(48)49)55-43(47)36-34-32-30-28-25-14-12-10-8-6-4-2/h10,12,40-41H,3-9,11,13-39,45H2,1-2H3,(H,48,49)(H,50,51)/b12-10-. The van der Waals surface area contributed by atoms with E-state index >= 15 is 0 Å². The highest BCUT2D eigenvalue weighted by Gasteiger charge is 2.28. The van der Waals surface area contributed by atoms with Crippen molar-refractivity contribution in [3.05, 3.63) is 12.2 Å². The molecular weight excluding hydrogens is 733 g/mol. The van der Waals surface area contributed by atoms with Crippen LogP contribution in [0.1, 0.15) is 219 Å². The van der Waals surface area contributed by atoms with Crippen molar-refractivity contribution in [2.75, 3.05) is 19.8 Å². The zero-order valence-corrected chi connectivity index (χ0v) is 36.6. The van der Waals surface area contributed by atoms with E-state index in [2.05, 4.69) is 30.5 Å². The first kappa shape index (κ1) is 54.2. The highest BCUT2D eigenvalue weighted by Crippen LogP contribution is 2.43. The van der Waals surface area contributed by atoms with E-state index in [9.17, 15) is 23.8 Å². The van der Waals surface area contributed by atoms with Crippen molar-refractivity contribution in [3.8, 4) is 0 Å². The number of unbranched alkanes of at least 4 members (excludes halogenated alkanes) is 27. The first-order valence-electron chi connectivity index (χ1n) is 22.7. The topological polar surface area (TPSA) is 172 Å². The molecule has 4 N–H and O–H groups in total. The fraction of sp³-hybridized carbons (Fsp3) is 0.886. The lowest BCUT2D eigenvalue weighted by molar-refractivity contribution is -0.161. The molecule has 330 valence electrons. The number of carbonyl (C=O) groups is 3. The average Bonchev–Trinajstić information content (AvgIpc) is 3.17. The normalized spacial score (nSPS) is 13.8. The Morgan fingerprint density at radius 1 is 0.536 bits per heavy atom. The molecule has 0 amide bonds. The number of hydrogen-bond donors (Lipinski definition) is 3. The minimum absolute atomic E-state index is 0.154. The van der Waals surface area contributed by atoms with Crippen LogP contribution in [0.5, 0.6) is 0 Å². The maximum Gasteiger partial charge on any atom is 0.472 e. The van der Waals surface area contributed by atoms with E-state index in [1.807, 2.05) is 0 Å². The zero-order chi connectivity index (χ0) is 41.4. The van der Waals surface area contributed by atoms with Crippen molar-refractivity contribution in [1.29, 1.82) is 0 Å². The molecule has 0 aromatic carbocycles. The third-order valence-corrected chi connectivity index (χ3v) is 11.0. The summed E-state index contributed by atoms with van der Waals surface area (Å²) in [6, 6.07) is -1.52. The van der Waals surface area contributed by atoms with Crippen LogP contribution in [-0.4, -0.2) is 59.9 Å². The highest BCUT2D eigenvalue weighted by molar-refractivity contribution is 7.47. The van der Waals surface area contributed by atoms with Gasteiger partial charge in [-0.05, 0) is 32.1 Å². The fourth-order valence-electron chi connectivity index (χ4n) is 6.40. The number of carbonyl (C=O) groups excluding carboxylic acids is 2. The smallest absolute Gasteiger partial charge is 0.472 e. The second-order valence-electron chi connectivity index (χ2n) is 15.5. The third-order valence-electron chi connectivity index (χ3n) is 10.0. The lowest BCUT2D eigenvalue weighted by Crippen LogP contribution is -2.34. The molecule has 0 saturated carbocycles. The fourth-order valence-corrected chi connectivity index (χ4v) is 7.18. The van der Waals surface area contributed by atoms with Gasteiger partial charge in [-0.3, -0.25) is 23.4 Å². The second kappa shape index (κ2) is 40.0. The number of hydrogen-bond acceptors (Lipinski definition) is 9. The van der Waals surface area contributed by atoms with Crippen molar-refractivity contribution in [2.24, 2.45) is 5.73 Å². The van der Waals surface area contributed by atoms with Crippen LogP contribution in [0.2, 0.25) is 0 Å². The van der Waals surface area contributed by atoms with Crippen molar-refractivity contribution in [1.82, 2.24) is 0 Å². The summed E-state index contributed by atoms with van der Waals surface area (Å²) in [5.41, 5.74) is 5.33. The van der Waals surface area contributed by atoms with Gasteiger partial charge in [-0.15, -0.1) is 0 Å². The predicted molar refractivity (Wildman–Crippen MR) is 226 cm³/mol. The Balaban J connectivity index is 4.20. The maximum absolute atomic E-state index is 12.6. The molecule has 3 atom stereocenters. The minimum Gasteiger partial charge on any atom is -0.480 e. The first-order chi connectivity index (χ1) is 27.1. The van der Waals surface area contributed by atoms with Crippen LogP contribution < -0.4 is 5.73 Å². The van der Waals surface area contributed by atoms with Crippen LogP contribution in [0.3, 0.4) is 0 Å². The first-order valence-corrected chi connectivity index (χ1v) is 24.2. The molecule has 0 radical (unpaired) electrons. The maximum atomic E-state index is 12.6. The van der Waals surface area contributed by atoms with Gasteiger partial charge in [0.05, 0.1) is 13.2 Å². The number of rotatable bonds is 43. The molecule has 0 aromatic heterocycles. The van der Waals surface area contributed by atoms with E-state index in [1.54, 1.807) is 0 Å². The van der Waals surface area contributed by atoms with Crippen LogP contribution in [0.25, 0.3) is 0 Å². The molecule has 3 unspecified atom stereocenters. The van der Waals surface area contributed by atoms with E-state index in [1.165, 1.54) is 122 Å². The molecule has 0 spiro atoms. The molecule has 0 fully saturated rings. The van der Waals surface area contributed by atoms with Gasteiger partial charge in [0.1, 0.15) is 12.6 Å². The molecule has 0 bridgehead atoms. The molecule has 0 saturated heterocycles. The molecule has 0 aliphatic heterocycles. The lowest BCUT2D eigenvalue weighted by atomic mass is 10.0. The van der Waals surface area contributed by atoms with Crippen LogP contribution in [0.15, 0.2) is 12.2 Å². The Bertz CT molecular complexity index is 1010. The van der Waals surface area contributed by atoms with Crippen molar-refractivity contribution in [2.45, 2.75) is 231 Å². The summed E-state index contributed by atoms with van der Waals surface area (Å²) in [5, 5.41) is 8.88. The van der Waals surface area contributed by atoms with Crippen LogP contribution in [0.4, 0.5) is 0 Å². The van der Waals surface area contributed by atoms with Gasteiger partial charge in [0.2, 0.25) is 0 Å². The molecule has 0 aliphatic rings. The van der Waals surface area contributed by atoms with E-state index in [4.69, 9.17) is 24.8 Å². The van der Waals surface area contributed by atoms with Crippen LogP contribution >= 0.6 is 7.82 Å². The number of allylic oxidation sites excluding steroid dienone is 2. The van der Waals surface area contributed by atoms with Gasteiger partial charge in [0.15, 0.2) is 6.10 Å². The number of aliphatic carboxylic acids is 1. The number of esters is 2. The largest absolute Gasteiger partial charge is 0.480 e. The molecular formula is C44H84NO10P. The van der Waals surface area contributed by atoms with E-state index in [0.29, 0.717) is 12.8 Å². The summed E-state index contributed by atoms with van der Waals surface area (Å²) < 4.78 is 32.7. The van der Waals surface area contributed by atoms with E-state index in [-0.39, 0.29) is 19.4 Å². The predicted octanol–water partition coefficient (Wildman–Crippen LogP) is 12.1. The molecule has 0 rings (SSSR count). The Labute approximate surface area is 341 Å².